The summed E-state index contributed by atoms with van der Waals surface area (Å²) in [7, 11) is 0. The fourth-order valence-electron chi connectivity index (χ4n) is 2.91. The van der Waals surface area contributed by atoms with Gasteiger partial charge < -0.3 is 14.4 Å². The van der Waals surface area contributed by atoms with Crippen molar-refractivity contribution in [2.75, 3.05) is 13.1 Å². The Bertz CT molecular complexity index is 703. The number of hydrogen-bond donors (Lipinski definition) is 0. The summed E-state index contributed by atoms with van der Waals surface area (Å²) in [4.78, 5) is 14.4. The minimum atomic E-state index is -0.0633. The second-order valence-corrected chi connectivity index (χ2v) is 6.25. The van der Waals surface area contributed by atoms with Crippen LogP contribution in [0.3, 0.4) is 0 Å². The van der Waals surface area contributed by atoms with Gasteiger partial charge in [-0.1, -0.05) is 18.2 Å². The lowest BCUT2D eigenvalue weighted by molar-refractivity contribution is -0.0587. The first-order valence-corrected chi connectivity index (χ1v) is 8.19. The lowest BCUT2D eigenvalue weighted by Crippen LogP contribution is -2.48. The number of amides is 1. The lowest BCUT2D eigenvalue weighted by atomic mass is 10.2. The van der Waals surface area contributed by atoms with E-state index in [4.69, 9.17) is 9.47 Å². The van der Waals surface area contributed by atoms with Gasteiger partial charge in [-0.05, 0) is 38.5 Å². The third kappa shape index (κ3) is 3.76. The van der Waals surface area contributed by atoms with Gasteiger partial charge in [-0.15, -0.1) is 0 Å². The van der Waals surface area contributed by atoms with Gasteiger partial charge in [0.05, 0.1) is 12.2 Å². The zero-order chi connectivity index (χ0) is 17.1. The van der Waals surface area contributed by atoms with E-state index in [1.54, 1.807) is 21.8 Å². The van der Waals surface area contributed by atoms with Crippen molar-refractivity contribution >= 4 is 5.91 Å². The number of benzene rings is 1. The maximum atomic E-state index is 12.6. The van der Waals surface area contributed by atoms with E-state index in [2.05, 4.69) is 5.10 Å². The molecule has 128 valence electrons. The van der Waals surface area contributed by atoms with Crippen molar-refractivity contribution in [3.8, 4) is 5.75 Å². The van der Waals surface area contributed by atoms with Crippen LogP contribution in [-0.2, 0) is 11.5 Å². The van der Waals surface area contributed by atoms with Crippen LogP contribution >= 0.6 is 0 Å². The first-order valence-electron chi connectivity index (χ1n) is 8.19. The van der Waals surface area contributed by atoms with Crippen molar-refractivity contribution in [2.45, 2.75) is 39.7 Å². The highest BCUT2D eigenvalue weighted by Gasteiger charge is 2.27. The SMILES string of the molecule is Cc1ccccc1OCn1ccc(C(=O)N2CC(C)OC(C)C2)n1. The number of carbonyl (C=O) groups excluding carboxylic acids is 1. The first-order chi connectivity index (χ1) is 11.5. The average Bonchev–Trinajstić information content (AvgIpc) is 3.01. The molecule has 2 atom stereocenters. The number of aryl methyl sites for hydroxylation is 1. The summed E-state index contributed by atoms with van der Waals surface area (Å²) >= 11 is 0. The van der Waals surface area contributed by atoms with Crippen LogP contribution in [0.15, 0.2) is 36.5 Å². The molecule has 3 rings (SSSR count). The van der Waals surface area contributed by atoms with E-state index < -0.39 is 0 Å². The molecule has 6 nitrogen and oxygen atoms in total. The normalized spacial score (nSPS) is 20.9. The van der Waals surface area contributed by atoms with Crippen LogP contribution in [0.25, 0.3) is 0 Å². The molecule has 2 aromatic rings. The Hall–Kier alpha value is -2.34. The lowest BCUT2D eigenvalue weighted by Gasteiger charge is -2.34. The Labute approximate surface area is 142 Å². The molecule has 0 bridgehead atoms. The molecule has 2 unspecified atom stereocenters. The van der Waals surface area contributed by atoms with Crippen molar-refractivity contribution in [1.29, 1.82) is 0 Å². The third-order valence-corrected chi connectivity index (χ3v) is 4.01. The van der Waals surface area contributed by atoms with E-state index in [9.17, 15) is 4.79 Å². The van der Waals surface area contributed by atoms with E-state index in [1.165, 1.54) is 0 Å². The van der Waals surface area contributed by atoms with E-state index in [0.717, 1.165) is 11.3 Å². The van der Waals surface area contributed by atoms with Crippen LogP contribution in [0.5, 0.6) is 5.75 Å². The molecule has 1 aromatic carbocycles. The number of aromatic nitrogens is 2. The Morgan fingerprint density at radius 2 is 1.96 bits per heavy atom. The summed E-state index contributed by atoms with van der Waals surface area (Å²) in [5.74, 6) is 0.753. The highest BCUT2D eigenvalue weighted by Crippen LogP contribution is 2.17. The average molecular weight is 329 g/mol. The molecule has 0 radical (unpaired) electrons. The largest absolute Gasteiger partial charge is 0.471 e. The minimum Gasteiger partial charge on any atom is -0.471 e. The maximum absolute atomic E-state index is 12.6. The fourth-order valence-corrected chi connectivity index (χ4v) is 2.91. The summed E-state index contributed by atoms with van der Waals surface area (Å²) in [6.07, 6.45) is 1.85. The molecule has 0 N–H and O–H groups in total. The monoisotopic (exact) mass is 329 g/mol. The van der Waals surface area contributed by atoms with Gasteiger partial charge in [0, 0.05) is 19.3 Å². The Balaban J connectivity index is 1.62. The highest BCUT2D eigenvalue weighted by atomic mass is 16.5. The topological polar surface area (TPSA) is 56.6 Å². The molecule has 0 spiro atoms. The molecule has 2 heterocycles. The van der Waals surface area contributed by atoms with Gasteiger partial charge in [-0.25, -0.2) is 4.68 Å². The van der Waals surface area contributed by atoms with Gasteiger partial charge in [-0.2, -0.15) is 5.10 Å². The smallest absolute Gasteiger partial charge is 0.274 e. The van der Waals surface area contributed by atoms with Gasteiger partial charge in [0.1, 0.15) is 5.75 Å². The molecule has 0 aliphatic carbocycles. The van der Waals surface area contributed by atoms with Gasteiger partial charge in [0.15, 0.2) is 12.4 Å². The molecule has 6 heteroatoms. The molecule has 1 amide bonds. The second kappa shape index (κ2) is 7.05. The van der Waals surface area contributed by atoms with Gasteiger partial charge in [0.25, 0.3) is 5.91 Å². The summed E-state index contributed by atoms with van der Waals surface area (Å²) in [6.45, 7) is 7.41. The van der Waals surface area contributed by atoms with E-state index in [0.29, 0.717) is 18.8 Å². The molecule has 24 heavy (non-hydrogen) atoms. The number of carbonyl (C=O) groups is 1. The predicted octanol–water partition coefficient (Wildman–Crippen LogP) is 2.48. The Kier molecular flexibility index (Phi) is 4.85. The number of rotatable bonds is 4. The van der Waals surface area contributed by atoms with Crippen molar-refractivity contribution in [3.05, 3.63) is 47.8 Å². The van der Waals surface area contributed by atoms with Crippen molar-refractivity contribution in [3.63, 3.8) is 0 Å². The number of ether oxygens (including phenoxy) is 2. The first kappa shape index (κ1) is 16.5. The van der Waals surface area contributed by atoms with Crippen molar-refractivity contribution in [2.24, 2.45) is 0 Å². The molecular formula is C18H23N3O3. The number of para-hydroxylation sites is 1. The number of morpholine rings is 1. The summed E-state index contributed by atoms with van der Waals surface area (Å²) in [5.41, 5.74) is 1.50. The fraction of sp³-hybridized carbons (Fsp3) is 0.444. The van der Waals surface area contributed by atoms with Crippen LogP contribution in [-0.4, -0.2) is 45.9 Å². The molecule has 1 aliphatic rings. The van der Waals surface area contributed by atoms with Crippen molar-refractivity contribution < 1.29 is 14.3 Å². The third-order valence-electron chi connectivity index (χ3n) is 4.01. The maximum Gasteiger partial charge on any atom is 0.274 e. The predicted molar refractivity (Wildman–Crippen MR) is 89.9 cm³/mol. The van der Waals surface area contributed by atoms with Crippen LogP contribution < -0.4 is 4.74 Å². The zero-order valence-electron chi connectivity index (χ0n) is 14.3. The highest BCUT2D eigenvalue weighted by molar-refractivity contribution is 5.92. The van der Waals surface area contributed by atoms with E-state index in [1.807, 2.05) is 45.0 Å². The van der Waals surface area contributed by atoms with Crippen LogP contribution in [0.1, 0.15) is 29.9 Å². The summed E-state index contributed by atoms with van der Waals surface area (Å²) in [5, 5.41) is 4.34. The van der Waals surface area contributed by atoms with Gasteiger partial charge >= 0.3 is 0 Å². The molecule has 1 fully saturated rings. The molecule has 1 aliphatic heterocycles. The van der Waals surface area contributed by atoms with Crippen LogP contribution in [0.4, 0.5) is 0 Å². The second-order valence-electron chi connectivity index (χ2n) is 6.25. The molecule has 1 saturated heterocycles. The van der Waals surface area contributed by atoms with Gasteiger partial charge in [0.2, 0.25) is 0 Å². The zero-order valence-corrected chi connectivity index (χ0v) is 14.3. The Morgan fingerprint density at radius 1 is 1.25 bits per heavy atom. The molecule has 0 saturated carbocycles. The molecular weight excluding hydrogens is 306 g/mol. The molecule has 1 aromatic heterocycles. The van der Waals surface area contributed by atoms with E-state index >= 15 is 0 Å². The number of hydrogen-bond acceptors (Lipinski definition) is 4. The summed E-state index contributed by atoms with van der Waals surface area (Å²) < 4.78 is 13.0. The van der Waals surface area contributed by atoms with Crippen LogP contribution in [0.2, 0.25) is 0 Å². The standard InChI is InChI=1S/C18H23N3O3/c1-13-6-4-5-7-17(13)23-12-21-9-8-16(19-21)18(22)20-10-14(2)24-15(3)11-20/h4-9,14-15H,10-12H2,1-3H3. The van der Waals surface area contributed by atoms with Crippen LogP contribution in [0, 0.1) is 6.92 Å². The van der Waals surface area contributed by atoms with Crippen molar-refractivity contribution in [1.82, 2.24) is 14.7 Å². The quantitative estimate of drug-likeness (QED) is 0.865. The van der Waals surface area contributed by atoms with Gasteiger partial charge in [-0.3, -0.25) is 4.79 Å². The summed E-state index contributed by atoms with van der Waals surface area (Å²) in [6, 6.07) is 9.54. The number of nitrogens with zero attached hydrogens (tertiary/aromatic N) is 3. The Morgan fingerprint density at radius 3 is 2.67 bits per heavy atom. The van der Waals surface area contributed by atoms with E-state index in [-0.39, 0.29) is 24.8 Å². The minimum absolute atomic E-state index is 0.0455.